The third-order valence-corrected chi connectivity index (χ3v) is 6.13. The fourth-order valence-corrected chi connectivity index (χ4v) is 4.53. The summed E-state index contributed by atoms with van der Waals surface area (Å²) in [5.74, 6) is 0.0477. The first-order valence-corrected chi connectivity index (χ1v) is 9.23. The van der Waals surface area contributed by atoms with E-state index in [0.29, 0.717) is 30.3 Å². The van der Waals surface area contributed by atoms with Crippen molar-refractivity contribution < 1.29 is 13.2 Å². The lowest BCUT2D eigenvalue weighted by Crippen LogP contribution is -2.34. The molecule has 0 saturated carbocycles. The van der Waals surface area contributed by atoms with E-state index in [1.165, 1.54) is 16.4 Å². The van der Waals surface area contributed by atoms with E-state index in [2.05, 4.69) is 0 Å². The number of sulfonamides is 1. The van der Waals surface area contributed by atoms with Crippen LogP contribution in [0.25, 0.3) is 0 Å². The Morgan fingerprint density at radius 2 is 1.90 bits per heavy atom. The second kappa shape index (κ2) is 8.56. The molecule has 0 aliphatic heterocycles. The SMILES string of the molecule is CCOCCN(CC)S(=O)(=O)c1ccc(Cl)c(CCl)c1Cl. The van der Waals surface area contributed by atoms with Crippen LogP contribution in [-0.4, -0.2) is 39.0 Å². The first-order chi connectivity index (χ1) is 9.89. The number of likely N-dealkylation sites (N-methyl/N-ethyl adjacent to an activating group) is 1. The Hall–Kier alpha value is -0.0400. The summed E-state index contributed by atoms with van der Waals surface area (Å²) < 4.78 is 31.8. The van der Waals surface area contributed by atoms with Crippen molar-refractivity contribution >= 4 is 44.8 Å². The molecule has 120 valence electrons. The van der Waals surface area contributed by atoms with Gasteiger partial charge in [0.1, 0.15) is 4.90 Å². The minimum atomic E-state index is -3.71. The molecule has 0 radical (unpaired) electrons. The average Bonchev–Trinajstić information content (AvgIpc) is 2.43. The topological polar surface area (TPSA) is 46.6 Å². The van der Waals surface area contributed by atoms with Gasteiger partial charge in [0.25, 0.3) is 0 Å². The van der Waals surface area contributed by atoms with Gasteiger partial charge in [-0.25, -0.2) is 8.42 Å². The third kappa shape index (κ3) is 4.47. The summed E-state index contributed by atoms with van der Waals surface area (Å²) in [7, 11) is -3.71. The van der Waals surface area contributed by atoms with Crippen LogP contribution in [0.15, 0.2) is 17.0 Å². The Morgan fingerprint density at radius 1 is 1.24 bits per heavy atom. The van der Waals surface area contributed by atoms with E-state index in [9.17, 15) is 8.42 Å². The van der Waals surface area contributed by atoms with Crippen LogP contribution in [0.4, 0.5) is 0 Å². The minimum Gasteiger partial charge on any atom is -0.380 e. The molecule has 0 aromatic heterocycles. The molecule has 4 nitrogen and oxygen atoms in total. The van der Waals surface area contributed by atoms with E-state index in [-0.39, 0.29) is 22.3 Å². The molecular weight excluding hydrogens is 357 g/mol. The lowest BCUT2D eigenvalue weighted by atomic mass is 10.2. The second-order valence-electron chi connectivity index (χ2n) is 4.17. The van der Waals surface area contributed by atoms with E-state index in [4.69, 9.17) is 39.5 Å². The predicted octanol–water partition coefficient (Wildman–Crippen LogP) is 3.78. The van der Waals surface area contributed by atoms with E-state index >= 15 is 0 Å². The van der Waals surface area contributed by atoms with Crippen LogP contribution in [0, 0.1) is 0 Å². The van der Waals surface area contributed by atoms with Crippen molar-refractivity contribution in [3.63, 3.8) is 0 Å². The molecule has 8 heteroatoms. The summed E-state index contributed by atoms with van der Waals surface area (Å²) in [5, 5.41) is 0.429. The zero-order valence-electron chi connectivity index (χ0n) is 11.9. The molecular formula is C13H18Cl3NO3S. The molecule has 21 heavy (non-hydrogen) atoms. The Kier molecular flexibility index (Phi) is 7.74. The lowest BCUT2D eigenvalue weighted by molar-refractivity contribution is 0.135. The Labute approximate surface area is 141 Å². The fourth-order valence-electron chi connectivity index (χ4n) is 1.80. The second-order valence-corrected chi connectivity index (χ2v) is 7.12. The summed E-state index contributed by atoms with van der Waals surface area (Å²) in [6.07, 6.45) is 0. The van der Waals surface area contributed by atoms with Crippen LogP contribution in [0.2, 0.25) is 10.0 Å². The van der Waals surface area contributed by atoms with Crippen LogP contribution < -0.4 is 0 Å². The molecule has 0 amide bonds. The summed E-state index contributed by atoms with van der Waals surface area (Å²) in [4.78, 5) is 0.0163. The van der Waals surface area contributed by atoms with E-state index in [1.807, 2.05) is 6.92 Å². The van der Waals surface area contributed by atoms with E-state index < -0.39 is 10.0 Å². The third-order valence-electron chi connectivity index (χ3n) is 2.94. The van der Waals surface area contributed by atoms with Crippen molar-refractivity contribution in [1.29, 1.82) is 0 Å². The Bertz CT molecular complexity index is 578. The highest BCUT2D eigenvalue weighted by molar-refractivity contribution is 7.89. The van der Waals surface area contributed by atoms with Gasteiger partial charge in [0.2, 0.25) is 10.0 Å². The number of hydrogen-bond donors (Lipinski definition) is 0. The van der Waals surface area contributed by atoms with Crippen molar-refractivity contribution in [3.8, 4) is 0 Å². The molecule has 0 bridgehead atoms. The first kappa shape index (κ1) is 19.0. The van der Waals surface area contributed by atoms with Crippen molar-refractivity contribution in [2.75, 3.05) is 26.3 Å². The maximum atomic E-state index is 12.7. The maximum Gasteiger partial charge on any atom is 0.244 e. The lowest BCUT2D eigenvalue weighted by Gasteiger charge is -2.21. The van der Waals surface area contributed by atoms with Crippen molar-refractivity contribution in [2.24, 2.45) is 0 Å². The molecule has 1 rings (SSSR count). The summed E-state index contributed by atoms with van der Waals surface area (Å²) in [6.45, 7) is 5.07. The first-order valence-electron chi connectivity index (χ1n) is 6.50. The van der Waals surface area contributed by atoms with Gasteiger partial charge < -0.3 is 4.74 Å². The van der Waals surface area contributed by atoms with Gasteiger partial charge in [0.15, 0.2) is 0 Å². The molecule has 0 saturated heterocycles. The number of alkyl halides is 1. The number of hydrogen-bond acceptors (Lipinski definition) is 3. The number of ether oxygens (including phenoxy) is 1. The summed E-state index contributed by atoms with van der Waals surface area (Å²) in [6, 6.07) is 2.90. The summed E-state index contributed by atoms with van der Waals surface area (Å²) >= 11 is 17.9. The molecule has 0 unspecified atom stereocenters. The molecule has 0 spiro atoms. The number of halogens is 3. The number of nitrogens with zero attached hydrogens (tertiary/aromatic N) is 1. The van der Waals surface area contributed by atoms with Crippen molar-refractivity contribution in [1.82, 2.24) is 4.31 Å². The van der Waals surface area contributed by atoms with Gasteiger partial charge >= 0.3 is 0 Å². The maximum absolute atomic E-state index is 12.7. The van der Waals surface area contributed by atoms with Gasteiger partial charge in [-0.1, -0.05) is 30.1 Å². The molecule has 0 atom stereocenters. The highest BCUT2D eigenvalue weighted by Gasteiger charge is 2.27. The smallest absolute Gasteiger partial charge is 0.244 e. The average molecular weight is 375 g/mol. The van der Waals surface area contributed by atoms with Crippen LogP contribution in [-0.2, 0) is 20.6 Å². The monoisotopic (exact) mass is 373 g/mol. The predicted molar refractivity (Wildman–Crippen MR) is 86.9 cm³/mol. The molecule has 0 heterocycles. The normalized spacial score (nSPS) is 12.1. The van der Waals surface area contributed by atoms with Gasteiger partial charge in [-0.15, -0.1) is 11.6 Å². The van der Waals surface area contributed by atoms with Crippen molar-refractivity contribution in [2.45, 2.75) is 24.6 Å². The van der Waals surface area contributed by atoms with Crippen LogP contribution in [0.1, 0.15) is 19.4 Å². The van der Waals surface area contributed by atoms with E-state index in [1.54, 1.807) is 6.92 Å². The molecule has 1 aromatic rings. The molecule has 0 aliphatic carbocycles. The number of rotatable bonds is 8. The highest BCUT2D eigenvalue weighted by Crippen LogP contribution is 2.33. The molecule has 0 N–H and O–H groups in total. The number of benzene rings is 1. The largest absolute Gasteiger partial charge is 0.380 e. The zero-order valence-corrected chi connectivity index (χ0v) is 15.0. The standard InChI is InChI=1S/C13H18Cl3NO3S/c1-3-17(7-8-20-4-2)21(18,19)12-6-5-11(15)10(9-14)13(12)16/h5-6H,3-4,7-9H2,1-2H3. The van der Waals surface area contributed by atoms with Crippen LogP contribution in [0.5, 0.6) is 0 Å². The van der Waals surface area contributed by atoms with Gasteiger partial charge in [0, 0.05) is 30.3 Å². The summed E-state index contributed by atoms with van der Waals surface area (Å²) in [5.41, 5.74) is 0.418. The van der Waals surface area contributed by atoms with Gasteiger partial charge in [-0.3, -0.25) is 0 Å². The van der Waals surface area contributed by atoms with Crippen LogP contribution >= 0.6 is 34.8 Å². The Balaban J connectivity index is 3.17. The Morgan fingerprint density at radius 3 is 2.43 bits per heavy atom. The molecule has 1 aromatic carbocycles. The quantitative estimate of drug-likeness (QED) is 0.514. The zero-order chi connectivity index (χ0) is 16.0. The molecule has 0 aliphatic rings. The van der Waals surface area contributed by atoms with E-state index in [0.717, 1.165) is 0 Å². The minimum absolute atomic E-state index is 0.0163. The fraction of sp³-hybridized carbons (Fsp3) is 0.538. The van der Waals surface area contributed by atoms with Crippen molar-refractivity contribution in [3.05, 3.63) is 27.7 Å². The highest BCUT2D eigenvalue weighted by atomic mass is 35.5. The van der Waals surface area contributed by atoms with Gasteiger partial charge in [-0.2, -0.15) is 4.31 Å². The van der Waals surface area contributed by atoms with Gasteiger partial charge in [0.05, 0.1) is 17.5 Å². The van der Waals surface area contributed by atoms with Crippen LogP contribution in [0.3, 0.4) is 0 Å². The molecule has 0 fully saturated rings. The van der Waals surface area contributed by atoms with Gasteiger partial charge in [-0.05, 0) is 19.1 Å².